The van der Waals surface area contributed by atoms with E-state index in [0.29, 0.717) is 11.3 Å². The third-order valence-electron chi connectivity index (χ3n) is 6.71. The number of alkyl halides is 3. The van der Waals surface area contributed by atoms with Gasteiger partial charge in [-0.1, -0.05) is 12.1 Å². The first-order chi connectivity index (χ1) is 13.7. The van der Waals surface area contributed by atoms with Crippen LogP contribution in [0.25, 0.3) is 0 Å². The molecule has 1 N–H and O–H groups in total. The van der Waals surface area contributed by atoms with Gasteiger partial charge in [-0.15, -0.1) is 0 Å². The second-order valence-corrected chi connectivity index (χ2v) is 8.38. The lowest BCUT2D eigenvalue weighted by Crippen LogP contribution is -2.45. The van der Waals surface area contributed by atoms with Gasteiger partial charge in [-0.2, -0.15) is 18.4 Å². The van der Waals surface area contributed by atoms with Gasteiger partial charge in [-0.3, -0.25) is 4.99 Å². The zero-order valence-corrected chi connectivity index (χ0v) is 16.6. The Bertz CT molecular complexity index is 850. The molecule has 0 aromatic heterocycles. The first-order valence-electron chi connectivity index (χ1n) is 9.89. The third kappa shape index (κ3) is 4.55. The fourth-order valence-electron chi connectivity index (χ4n) is 4.60. The molecule has 0 aliphatic heterocycles. The molecule has 29 heavy (non-hydrogen) atoms. The second-order valence-electron chi connectivity index (χ2n) is 8.38. The number of anilines is 1. The maximum atomic E-state index is 12.8. The molecule has 6 heteroatoms. The summed E-state index contributed by atoms with van der Waals surface area (Å²) in [6.07, 6.45) is 4.08. The monoisotopic (exact) mass is 401 g/mol. The minimum absolute atomic E-state index is 0.160. The van der Waals surface area contributed by atoms with Crippen molar-refractivity contribution in [1.82, 2.24) is 0 Å². The maximum absolute atomic E-state index is 12.8. The first kappa shape index (κ1) is 21.2. The normalized spacial score (nSPS) is 27.4. The largest absolute Gasteiger partial charge is 0.412 e. The van der Waals surface area contributed by atoms with Crippen LogP contribution in [0.4, 0.5) is 18.9 Å². The summed E-state index contributed by atoms with van der Waals surface area (Å²) in [5, 5.41) is 12.5. The summed E-state index contributed by atoms with van der Waals surface area (Å²) in [4.78, 5) is 4.12. The Hall–Kier alpha value is -2.55. The molecule has 0 saturated heterocycles. The van der Waals surface area contributed by atoms with Gasteiger partial charge >= 0.3 is 6.18 Å². The van der Waals surface area contributed by atoms with E-state index >= 15 is 0 Å². The van der Waals surface area contributed by atoms with Crippen LogP contribution in [0.15, 0.2) is 52.7 Å². The fraction of sp³-hybridized carbons (Fsp3) is 0.478. The number of allylic oxidation sites excluding steroid dienone is 4. The summed E-state index contributed by atoms with van der Waals surface area (Å²) in [6, 6.07) is 9.62. The van der Waals surface area contributed by atoms with Crippen molar-refractivity contribution in [3.63, 3.8) is 0 Å². The van der Waals surface area contributed by atoms with E-state index in [4.69, 9.17) is 5.26 Å². The third-order valence-corrected chi connectivity index (χ3v) is 6.71. The number of benzene rings is 1. The number of nitriles is 1. The zero-order valence-electron chi connectivity index (χ0n) is 16.6. The highest BCUT2D eigenvalue weighted by atomic mass is 19.4. The molecule has 2 bridgehead atoms. The van der Waals surface area contributed by atoms with Crippen LogP contribution >= 0.6 is 0 Å². The van der Waals surface area contributed by atoms with Crippen molar-refractivity contribution >= 4 is 12.4 Å². The van der Waals surface area contributed by atoms with Crippen molar-refractivity contribution < 1.29 is 13.2 Å². The molecular weight excluding hydrogens is 375 g/mol. The molecule has 3 saturated carbocycles. The van der Waals surface area contributed by atoms with Crippen molar-refractivity contribution in [1.29, 1.82) is 5.26 Å². The Morgan fingerprint density at radius 1 is 1.21 bits per heavy atom. The van der Waals surface area contributed by atoms with Crippen molar-refractivity contribution in [3.8, 4) is 6.07 Å². The second kappa shape index (κ2) is 8.06. The molecule has 0 spiro atoms. The topological polar surface area (TPSA) is 48.2 Å². The van der Waals surface area contributed by atoms with Gasteiger partial charge in [0.2, 0.25) is 0 Å². The molecule has 1 aromatic rings. The van der Waals surface area contributed by atoms with Gasteiger partial charge in [-0.05, 0) is 81.9 Å². The van der Waals surface area contributed by atoms with Crippen LogP contribution in [0.2, 0.25) is 0 Å². The van der Waals surface area contributed by atoms with Gasteiger partial charge in [0.15, 0.2) is 0 Å². The van der Waals surface area contributed by atoms with Crippen molar-refractivity contribution in [2.75, 3.05) is 11.9 Å². The lowest BCUT2D eigenvalue weighted by Gasteiger charge is -2.53. The van der Waals surface area contributed by atoms with Crippen molar-refractivity contribution in [2.24, 2.45) is 15.8 Å². The van der Waals surface area contributed by atoms with E-state index in [1.165, 1.54) is 6.08 Å². The molecule has 154 valence electrons. The van der Waals surface area contributed by atoms with Crippen LogP contribution in [-0.4, -0.2) is 19.4 Å². The molecule has 0 heterocycles. The van der Waals surface area contributed by atoms with Crippen LogP contribution in [0, 0.1) is 22.2 Å². The lowest BCUT2D eigenvalue weighted by molar-refractivity contribution is -0.0913. The molecular formula is C23H26F3N3. The number of nitrogens with zero attached hydrogens (tertiary/aromatic N) is 2. The van der Waals surface area contributed by atoms with E-state index in [1.54, 1.807) is 6.07 Å². The van der Waals surface area contributed by atoms with Gasteiger partial charge in [-0.25, -0.2) is 0 Å². The molecule has 0 amide bonds. The molecule has 0 unspecified atom stereocenters. The smallest absolute Gasteiger partial charge is 0.384 e. The van der Waals surface area contributed by atoms with Crippen LogP contribution in [0.3, 0.4) is 0 Å². The SMILES string of the molecule is C=N/C(=C\C=C(/C)C(F)(F)F)C12CCC(CNc3cccc(C#N)c3)(CC1)CC2. The molecule has 3 nitrogen and oxygen atoms in total. The molecule has 3 aliphatic rings. The predicted molar refractivity (Wildman–Crippen MR) is 110 cm³/mol. The Labute approximate surface area is 170 Å². The number of halogens is 3. The number of hydrogen-bond donors (Lipinski definition) is 1. The van der Waals surface area contributed by atoms with Gasteiger partial charge < -0.3 is 5.32 Å². The molecule has 4 rings (SSSR count). The standard InChI is InChI=1S/C23H26F3N3/c1-17(23(24,25)26)6-7-20(28-2)22-11-8-21(9-12-22,10-13-22)16-29-19-5-3-4-18(14-19)15-27/h3-7,14,29H,2,8-13,16H2,1H3/b17-6+,20-7-. The van der Waals surface area contributed by atoms with Crippen LogP contribution in [-0.2, 0) is 0 Å². The molecule has 1 aromatic carbocycles. The van der Waals surface area contributed by atoms with E-state index in [-0.39, 0.29) is 10.8 Å². The number of aliphatic imine (C=N–C) groups is 1. The average Bonchev–Trinajstić information content (AvgIpc) is 2.73. The lowest BCUT2D eigenvalue weighted by atomic mass is 9.52. The fourth-order valence-corrected chi connectivity index (χ4v) is 4.60. The van der Waals surface area contributed by atoms with E-state index in [9.17, 15) is 13.2 Å². The van der Waals surface area contributed by atoms with E-state index < -0.39 is 11.7 Å². The summed E-state index contributed by atoms with van der Waals surface area (Å²) < 4.78 is 38.4. The van der Waals surface area contributed by atoms with Gasteiger partial charge in [0.1, 0.15) is 0 Å². The number of hydrogen-bond acceptors (Lipinski definition) is 3. The van der Waals surface area contributed by atoms with E-state index in [0.717, 1.165) is 63.8 Å². The minimum Gasteiger partial charge on any atom is -0.384 e. The summed E-state index contributed by atoms with van der Waals surface area (Å²) in [7, 11) is 0. The Morgan fingerprint density at radius 2 is 1.86 bits per heavy atom. The maximum Gasteiger partial charge on any atom is 0.412 e. The highest BCUT2D eigenvalue weighted by Gasteiger charge is 2.50. The van der Waals surface area contributed by atoms with Crippen LogP contribution in [0.5, 0.6) is 0 Å². The van der Waals surface area contributed by atoms with Crippen molar-refractivity contribution in [2.45, 2.75) is 51.6 Å². The summed E-state index contributed by atoms with van der Waals surface area (Å²) >= 11 is 0. The van der Waals surface area contributed by atoms with Crippen LogP contribution < -0.4 is 5.32 Å². The molecule has 0 atom stereocenters. The van der Waals surface area contributed by atoms with E-state index in [1.807, 2.05) is 18.2 Å². The summed E-state index contributed by atoms with van der Waals surface area (Å²) in [5.41, 5.74) is 1.67. The highest BCUT2D eigenvalue weighted by molar-refractivity contribution is 5.49. The number of nitrogens with one attached hydrogen (secondary N) is 1. The Balaban J connectivity index is 1.68. The van der Waals surface area contributed by atoms with Crippen LogP contribution in [0.1, 0.15) is 51.0 Å². The first-order valence-corrected chi connectivity index (χ1v) is 9.89. The summed E-state index contributed by atoms with van der Waals surface area (Å²) in [5.74, 6) is 0. The predicted octanol–water partition coefficient (Wildman–Crippen LogP) is 6.40. The Kier molecular flexibility index (Phi) is 5.88. The highest BCUT2D eigenvalue weighted by Crippen LogP contribution is 2.60. The quantitative estimate of drug-likeness (QED) is 0.443. The molecule has 3 fully saturated rings. The average molecular weight is 401 g/mol. The minimum atomic E-state index is -4.32. The van der Waals surface area contributed by atoms with Crippen molar-refractivity contribution in [3.05, 3.63) is 53.3 Å². The molecule has 3 aliphatic carbocycles. The van der Waals surface area contributed by atoms with E-state index in [2.05, 4.69) is 23.1 Å². The zero-order chi connectivity index (χ0) is 21.1. The van der Waals surface area contributed by atoms with Gasteiger partial charge in [0, 0.05) is 28.9 Å². The number of rotatable bonds is 6. The van der Waals surface area contributed by atoms with Gasteiger partial charge in [0.25, 0.3) is 0 Å². The Morgan fingerprint density at radius 3 is 2.41 bits per heavy atom. The van der Waals surface area contributed by atoms with Gasteiger partial charge in [0.05, 0.1) is 11.6 Å². The summed E-state index contributed by atoms with van der Waals surface area (Å²) in [6.45, 7) is 5.55. The number of fused-ring (bicyclic) bond motifs is 3. The molecule has 0 radical (unpaired) electrons.